The summed E-state index contributed by atoms with van der Waals surface area (Å²) in [4.78, 5) is 0.487. The highest BCUT2D eigenvalue weighted by molar-refractivity contribution is 9.09. The largest absolute Gasteiger partial charge is 0.350 e. The van der Waals surface area contributed by atoms with E-state index < -0.39 is 15.8 Å². The summed E-state index contributed by atoms with van der Waals surface area (Å²) in [6, 6.07) is 0. The minimum Gasteiger partial charge on any atom is -0.210 e. The van der Waals surface area contributed by atoms with Crippen LogP contribution in [-0.4, -0.2) is 25.5 Å². The maximum Gasteiger partial charge on any atom is 0.350 e. The monoisotopic (exact) mass is 305 g/mol. The minimum absolute atomic E-state index is 0.131. The molecule has 1 aliphatic rings. The zero-order valence-electron chi connectivity index (χ0n) is 8.13. The molecule has 15 heavy (non-hydrogen) atoms. The Morgan fingerprint density at radius 2 is 1.80 bits per heavy atom. The lowest BCUT2D eigenvalue weighted by Crippen LogP contribution is -2.34. The Morgan fingerprint density at radius 3 is 2.27 bits per heavy atom. The van der Waals surface area contributed by atoms with Gasteiger partial charge in [0.2, 0.25) is 0 Å². The maximum absolute atomic E-state index is 12.0. The second-order valence-corrected chi connectivity index (χ2v) is 6.80. The van der Waals surface area contributed by atoms with E-state index in [1.807, 2.05) is 4.72 Å². The van der Waals surface area contributed by atoms with Crippen molar-refractivity contribution in [2.75, 3.05) is 6.54 Å². The topological polar surface area (TPSA) is 46.2 Å². The van der Waals surface area contributed by atoms with Gasteiger partial charge in [-0.25, -0.2) is 13.1 Å². The minimum atomic E-state index is -4.41. The molecule has 0 atom stereocenters. The highest BCUT2D eigenvalue weighted by Crippen LogP contribution is 2.28. The first-order valence-corrected chi connectivity index (χ1v) is 7.28. The van der Waals surface area contributed by atoms with E-state index >= 15 is 0 Å². The van der Waals surface area contributed by atoms with Crippen molar-refractivity contribution in [2.24, 2.45) is 5.92 Å². The van der Waals surface area contributed by atoms with Gasteiger partial charge < -0.3 is 0 Å². The zero-order chi connectivity index (χ0) is 11.5. The van der Waals surface area contributed by atoms with E-state index in [4.69, 9.17) is 0 Å². The van der Waals surface area contributed by atoms with Gasteiger partial charge in [-0.2, -0.15) is 8.78 Å². The number of halogens is 3. The predicted octanol–water partition coefficient (Wildman–Crippen LogP) is 2.08. The highest BCUT2D eigenvalue weighted by Gasteiger charge is 2.26. The summed E-state index contributed by atoms with van der Waals surface area (Å²) < 4.78 is 47.4. The molecule has 0 aromatic rings. The number of alkyl halides is 3. The fourth-order valence-corrected chi connectivity index (χ4v) is 2.75. The van der Waals surface area contributed by atoms with Crippen molar-refractivity contribution in [3.8, 4) is 0 Å². The van der Waals surface area contributed by atoms with Crippen molar-refractivity contribution in [1.29, 1.82) is 0 Å². The average Bonchev–Trinajstić information content (AvgIpc) is 2.17. The van der Waals surface area contributed by atoms with Gasteiger partial charge in [-0.05, 0) is 31.6 Å². The van der Waals surface area contributed by atoms with Crippen LogP contribution in [-0.2, 0) is 10.0 Å². The Morgan fingerprint density at radius 1 is 1.27 bits per heavy atom. The number of sulfonamides is 1. The molecule has 1 aliphatic carbocycles. The summed E-state index contributed by atoms with van der Waals surface area (Å²) in [6.07, 6.45) is 3.70. The molecule has 1 saturated carbocycles. The van der Waals surface area contributed by atoms with Crippen LogP contribution in [0.1, 0.15) is 25.7 Å². The summed E-state index contributed by atoms with van der Waals surface area (Å²) in [7, 11) is -4.41. The van der Waals surface area contributed by atoms with Crippen LogP contribution < -0.4 is 4.72 Å². The molecule has 0 aromatic carbocycles. The molecule has 1 N–H and O–H groups in total. The molecule has 0 bridgehead atoms. The molecular formula is C8H14BrF2NO2S. The normalized spacial score (nSPS) is 28.3. The lowest BCUT2D eigenvalue weighted by Gasteiger charge is -2.25. The van der Waals surface area contributed by atoms with Crippen molar-refractivity contribution < 1.29 is 17.2 Å². The van der Waals surface area contributed by atoms with Gasteiger partial charge in [0.1, 0.15) is 0 Å². The zero-order valence-corrected chi connectivity index (χ0v) is 10.5. The molecule has 90 valence electrons. The molecule has 7 heteroatoms. The van der Waals surface area contributed by atoms with Gasteiger partial charge in [-0.15, -0.1) is 0 Å². The van der Waals surface area contributed by atoms with E-state index in [0.717, 1.165) is 25.7 Å². The molecule has 0 heterocycles. The van der Waals surface area contributed by atoms with Gasteiger partial charge in [0, 0.05) is 11.4 Å². The quantitative estimate of drug-likeness (QED) is 0.808. The molecule has 0 aromatic heterocycles. The van der Waals surface area contributed by atoms with Gasteiger partial charge in [0.25, 0.3) is 10.0 Å². The first-order chi connectivity index (χ1) is 6.92. The second-order valence-electron chi connectivity index (χ2n) is 3.77. The van der Waals surface area contributed by atoms with Crippen molar-refractivity contribution >= 4 is 26.0 Å². The van der Waals surface area contributed by atoms with Crippen LogP contribution in [0.4, 0.5) is 8.78 Å². The standard InChI is InChI=1S/C8H14BrF2NO2S/c9-7-3-1-6(2-4-7)5-12-15(13,14)8(10)11/h6-8,12H,1-5H2. The average molecular weight is 306 g/mol. The van der Waals surface area contributed by atoms with Gasteiger partial charge in [0.15, 0.2) is 0 Å². The van der Waals surface area contributed by atoms with Crippen molar-refractivity contribution in [3.05, 3.63) is 0 Å². The SMILES string of the molecule is O=S(=O)(NCC1CCC(Br)CC1)C(F)F. The smallest absolute Gasteiger partial charge is 0.210 e. The molecule has 0 unspecified atom stereocenters. The molecule has 0 saturated heterocycles. The first kappa shape index (κ1) is 13.3. The summed E-state index contributed by atoms with van der Waals surface area (Å²) in [5.41, 5.74) is 0. The van der Waals surface area contributed by atoms with E-state index in [1.165, 1.54) is 0 Å². The number of hydrogen-bond acceptors (Lipinski definition) is 2. The van der Waals surface area contributed by atoms with E-state index in [0.29, 0.717) is 4.83 Å². The highest BCUT2D eigenvalue weighted by atomic mass is 79.9. The molecule has 0 spiro atoms. The van der Waals surface area contributed by atoms with Gasteiger partial charge in [-0.3, -0.25) is 0 Å². The molecule has 1 fully saturated rings. The van der Waals surface area contributed by atoms with Gasteiger partial charge in [-0.1, -0.05) is 15.9 Å². The molecule has 0 radical (unpaired) electrons. The van der Waals surface area contributed by atoms with Crippen LogP contribution in [0.25, 0.3) is 0 Å². The van der Waals surface area contributed by atoms with E-state index in [2.05, 4.69) is 15.9 Å². The number of nitrogens with one attached hydrogen (secondary N) is 1. The first-order valence-electron chi connectivity index (χ1n) is 4.82. The Bertz CT molecular complexity index is 289. The Hall–Kier alpha value is 0.250. The molecule has 3 nitrogen and oxygen atoms in total. The van der Waals surface area contributed by atoms with E-state index in [1.54, 1.807) is 0 Å². The second kappa shape index (κ2) is 5.54. The van der Waals surface area contributed by atoms with Gasteiger partial charge >= 0.3 is 5.76 Å². The third kappa shape index (κ3) is 4.32. The van der Waals surface area contributed by atoms with Crippen LogP contribution >= 0.6 is 15.9 Å². The molecular weight excluding hydrogens is 292 g/mol. The Labute approximate surface area is 96.8 Å². The Kier molecular flexibility index (Phi) is 4.92. The lowest BCUT2D eigenvalue weighted by molar-refractivity contribution is 0.231. The third-order valence-corrected chi connectivity index (χ3v) is 4.54. The van der Waals surface area contributed by atoms with Crippen LogP contribution in [0.3, 0.4) is 0 Å². The fourth-order valence-electron chi connectivity index (χ4n) is 1.62. The molecule has 1 rings (SSSR count). The van der Waals surface area contributed by atoms with E-state index in [9.17, 15) is 17.2 Å². The summed E-state index contributed by atoms with van der Waals surface area (Å²) in [5, 5.41) is 0. The van der Waals surface area contributed by atoms with Crippen LogP contribution in [0.2, 0.25) is 0 Å². The van der Waals surface area contributed by atoms with Crippen LogP contribution in [0.5, 0.6) is 0 Å². The third-order valence-electron chi connectivity index (χ3n) is 2.58. The summed E-state index contributed by atoms with van der Waals surface area (Å²) in [6.45, 7) is 0.131. The van der Waals surface area contributed by atoms with E-state index in [-0.39, 0.29) is 12.5 Å². The van der Waals surface area contributed by atoms with Crippen LogP contribution in [0, 0.1) is 5.92 Å². The maximum atomic E-state index is 12.0. The van der Waals surface area contributed by atoms with Crippen molar-refractivity contribution in [2.45, 2.75) is 36.3 Å². The van der Waals surface area contributed by atoms with Crippen molar-refractivity contribution in [3.63, 3.8) is 0 Å². The number of rotatable bonds is 4. The van der Waals surface area contributed by atoms with Crippen molar-refractivity contribution in [1.82, 2.24) is 4.72 Å². The fraction of sp³-hybridized carbons (Fsp3) is 1.00. The van der Waals surface area contributed by atoms with Crippen LogP contribution in [0.15, 0.2) is 0 Å². The predicted molar refractivity (Wildman–Crippen MR) is 57.6 cm³/mol. The summed E-state index contributed by atoms with van der Waals surface area (Å²) in [5.74, 6) is -3.14. The number of hydrogen-bond donors (Lipinski definition) is 1. The Balaban J connectivity index is 2.32. The molecule has 0 aliphatic heterocycles. The summed E-state index contributed by atoms with van der Waals surface area (Å²) >= 11 is 3.47. The lowest BCUT2D eigenvalue weighted by atomic mass is 9.89. The molecule has 0 amide bonds. The van der Waals surface area contributed by atoms with Gasteiger partial charge in [0.05, 0.1) is 0 Å².